The van der Waals surface area contributed by atoms with Crippen LogP contribution in [0.15, 0.2) is 65.8 Å². The maximum atomic E-state index is 12.1. The molecule has 166 valence electrons. The molecule has 1 aliphatic rings. The summed E-state index contributed by atoms with van der Waals surface area (Å²) in [6, 6.07) is 9.38. The van der Waals surface area contributed by atoms with E-state index in [4.69, 9.17) is 14.2 Å². The highest BCUT2D eigenvalue weighted by Crippen LogP contribution is 2.13. The number of benzene rings is 1. The molecule has 7 nitrogen and oxygen atoms in total. The van der Waals surface area contributed by atoms with Gasteiger partial charge in [0.15, 0.2) is 0 Å². The third-order valence-electron chi connectivity index (χ3n) is 4.46. The molecule has 0 aromatic heterocycles. The number of carbonyl (C=O) groups excluding carboxylic acids is 3. The van der Waals surface area contributed by atoms with Crippen LogP contribution in [-0.4, -0.2) is 48.7 Å². The molecule has 0 N–H and O–H groups in total. The second-order valence-electron chi connectivity index (χ2n) is 7.07. The average Bonchev–Trinajstić information content (AvgIpc) is 2.77. The van der Waals surface area contributed by atoms with Crippen LogP contribution in [0, 0.1) is 0 Å². The van der Waals surface area contributed by atoms with Crippen molar-refractivity contribution >= 4 is 18.0 Å². The fraction of sp³-hybridized carbons (Fsp3) is 0.375. The second kappa shape index (κ2) is 12.4. The number of rotatable bonds is 8. The van der Waals surface area contributed by atoms with E-state index in [1.807, 2.05) is 36.4 Å². The Morgan fingerprint density at radius 1 is 1.16 bits per heavy atom. The minimum Gasteiger partial charge on any atom is -0.457 e. The smallest absolute Gasteiger partial charge is 0.410 e. The molecule has 1 amide bonds. The van der Waals surface area contributed by atoms with E-state index in [2.05, 4.69) is 0 Å². The van der Waals surface area contributed by atoms with E-state index >= 15 is 0 Å². The Morgan fingerprint density at radius 2 is 1.90 bits per heavy atom. The molecule has 7 heteroatoms. The minimum atomic E-state index is -0.599. The highest BCUT2D eigenvalue weighted by molar-refractivity contribution is 5.88. The van der Waals surface area contributed by atoms with Gasteiger partial charge in [-0.3, -0.25) is 0 Å². The van der Waals surface area contributed by atoms with Crippen molar-refractivity contribution < 1.29 is 28.6 Å². The number of hydrogen-bond acceptors (Lipinski definition) is 6. The van der Waals surface area contributed by atoms with E-state index in [0.717, 1.165) is 11.1 Å². The molecule has 0 saturated heterocycles. The lowest BCUT2D eigenvalue weighted by Gasteiger charge is -2.25. The summed E-state index contributed by atoms with van der Waals surface area (Å²) in [6.45, 7) is 6.51. The van der Waals surface area contributed by atoms with Gasteiger partial charge in [-0.15, -0.1) is 0 Å². The predicted molar refractivity (Wildman–Crippen MR) is 116 cm³/mol. The van der Waals surface area contributed by atoms with Gasteiger partial charge in [0, 0.05) is 24.7 Å². The first-order valence-corrected chi connectivity index (χ1v) is 10.3. The van der Waals surface area contributed by atoms with Crippen molar-refractivity contribution in [3.05, 3.63) is 71.3 Å². The Labute approximate surface area is 183 Å². The number of amides is 1. The summed E-state index contributed by atoms with van der Waals surface area (Å²) in [5, 5.41) is 0. The van der Waals surface area contributed by atoms with Crippen molar-refractivity contribution in [2.24, 2.45) is 0 Å². The monoisotopic (exact) mass is 427 g/mol. The van der Waals surface area contributed by atoms with Gasteiger partial charge in [0.05, 0.1) is 6.61 Å². The third-order valence-corrected chi connectivity index (χ3v) is 4.46. The van der Waals surface area contributed by atoms with Crippen molar-refractivity contribution in [1.29, 1.82) is 0 Å². The van der Waals surface area contributed by atoms with Crippen LogP contribution in [0.3, 0.4) is 0 Å². The minimum absolute atomic E-state index is 0.180. The molecule has 0 radical (unpaired) electrons. The van der Waals surface area contributed by atoms with E-state index in [1.165, 1.54) is 6.08 Å². The zero-order chi connectivity index (χ0) is 22.6. The van der Waals surface area contributed by atoms with Crippen LogP contribution < -0.4 is 0 Å². The fourth-order valence-electron chi connectivity index (χ4n) is 2.95. The molecule has 0 fully saturated rings. The van der Waals surface area contributed by atoms with Gasteiger partial charge >= 0.3 is 18.0 Å². The van der Waals surface area contributed by atoms with Gasteiger partial charge in [-0.05, 0) is 44.4 Å². The van der Waals surface area contributed by atoms with Crippen LogP contribution in [0.25, 0.3) is 0 Å². The Kier molecular flexibility index (Phi) is 9.55. The summed E-state index contributed by atoms with van der Waals surface area (Å²) in [6.07, 6.45) is 6.18. The van der Waals surface area contributed by atoms with Gasteiger partial charge in [-0.2, -0.15) is 0 Å². The summed E-state index contributed by atoms with van der Waals surface area (Å²) in [7, 11) is 0. The van der Waals surface area contributed by atoms with Crippen LogP contribution in [-0.2, 0) is 30.4 Å². The molecular formula is C24H29NO6. The molecule has 1 atom stereocenters. The van der Waals surface area contributed by atoms with Crippen molar-refractivity contribution in [3.8, 4) is 0 Å². The van der Waals surface area contributed by atoms with E-state index in [1.54, 1.807) is 37.8 Å². The molecule has 1 aliphatic heterocycles. The Balaban J connectivity index is 1.80. The lowest BCUT2D eigenvalue weighted by atomic mass is 10.1. The SMILES string of the molecule is CCOC(=O)N1CCC=C(/C=C/C(=O)O[C@H](C)/C=C(/C)C(=O)OCc2ccccc2)C1. The molecule has 1 aromatic carbocycles. The average molecular weight is 427 g/mol. The van der Waals surface area contributed by atoms with E-state index < -0.39 is 18.0 Å². The molecule has 0 spiro atoms. The molecule has 31 heavy (non-hydrogen) atoms. The van der Waals surface area contributed by atoms with Crippen molar-refractivity contribution in [3.63, 3.8) is 0 Å². The molecule has 1 aromatic rings. The first kappa shape index (κ1) is 23.9. The molecular weight excluding hydrogens is 398 g/mol. The quantitative estimate of drug-likeness (QED) is 0.355. The summed E-state index contributed by atoms with van der Waals surface area (Å²) in [4.78, 5) is 37.6. The number of nitrogens with zero attached hydrogens (tertiary/aromatic N) is 1. The Bertz CT molecular complexity index is 856. The number of esters is 2. The highest BCUT2D eigenvalue weighted by atomic mass is 16.6. The number of carbonyl (C=O) groups is 3. The van der Waals surface area contributed by atoms with Gasteiger partial charge in [0.25, 0.3) is 0 Å². The molecule has 0 unspecified atom stereocenters. The highest BCUT2D eigenvalue weighted by Gasteiger charge is 2.18. The van der Waals surface area contributed by atoms with Gasteiger partial charge in [-0.25, -0.2) is 14.4 Å². The van der Waals surface area contributed by atoms with E-state index in [0.29, 0.717) is 31.7 Å². The summed E-state index contributed by atoms with van der Waals surface area (Å²) >= 11 is 0. The molecule has 1 heterocycles. The van der Waals surface area contributed by atoms with Crippen LogP contribution >= 0.6 is 0 Å². The standard InChI is InChI=1S/C24H29NO6/c1-4-29-24(28)25-14-8-11-20(16-25)12-13-22(26)31-19(3)15-18(2)23(27)30-17-21-9-6-5-7-10-21/h5-7,9-13,15,19H,4,8,14,16-17H2,1-3H3/b13-12+,18-15-/t19-/m1/s1. The van der Waals surface area contributed by atoms with E-state index in [9.17, 15) is 14.4 Å². The van der Waals surface area contributed by atoms with Crippen molar-refractivity contribution in [1.82, 2.24) is 4.90 Å². The fourth-order valence-corrected chi connectivity index (χ4v) is 2.95. The maximum Gasteiger partial charge on any atom is 0.410 e. The summed E-state index contributed by atoms with van der Waals surface area (Å²) < 4.78 is 15.6. The van der Waals surface area contributed by atoms with Crippen molar-refractivity contribution in [2.45, 2.75) is 39.9 Å². The molecule has 2 rings (SSSR count). The predicted octanol–water partition coefficient (Wildman–Crippen LogP) is 3.95. The van der Waals surface area contributed by atoms with Crippen molar-refractivity contribution in [2.75, 3.05) is 19.7 Å². The first-order valence-electron chi connectivity index (χ1n) is 10.3. The van der Waals surface area contributed by atoms with Gasteiger partial charge in [0.1, 0.15) is 12.7 Å². The Morgan fingerprint density at radius 3 is 2.61 bits per heavy atom. The van der Waals surface area contributed by atoms with Gasteiger partial charge in [0.2, 0.25) is 0 Å². The topological polar surface area (TPSA) is 82.1 Å². The molecule has 0 aliphatic carbocycles. The lowest BCUT2D eigenvalue weighted by Crippen LogP contribution is -2.36. The number of hydrogen-bond donors (Lipinski definition) is 0. The zero-order valence-electron chi connectivity index (χ0n) is 18.2. The normalized spacial score (nSPS) is 15.3. The van der Waals surface area contributed by atoms with Gasteiger partial charge < -0.3 is 19.1 Å². The number of ether oxygens (including phenoxy) is 3. The summed E-state index contributed by atoms with van der Waals surface area (Å²) in [5.74, 6) is -1.00. The van der Waals surface area contributed by atoms with Crippen LogP contribution in [0.2, 0.25) is 0 Å². The first-order chi connectivity index (χ1) is 14.9. The third kappa shape index (κ3) is 8.50. The molecule has 0 saturated carbocycles. The van der Waals surface area contributed by atoms with Crippen LogP contribution in [0.4, 0.5) is 4.79 Å². The molecule has 0 bridgehead atoms. The van der Waals surface area contributed by atoms with Crippen LogP contribution in [0.1, 0.15) is 32.8 Å². The lowest BCUT2D eigenvalue weighted by molar-refractivity contribution is -0.142. The largest absolute Gasteiger partial charge is 0.457 e. The second-order valence-corrected chi connectivity index (χ2v) is 7.07. The zero-order valence-corrected chi connectivity index (χ0v) is 18.2. The van der Waals surface area contributed by atoms with E-state index in [-0.39, 0.29) is 12.7 Å². The van der Waals surface area contributed by atoms with Crippen LogP contribution in [0.5, 0.6) is 0 Å². The summed E-state index contributed by atoms with van der Waals surface area (Å²) in [5.41, 5.74) is 2.09. The van der Waals surface area contributed by atoms with Gasteiger partial charge in [-0.1, -0.05) is 42.5 Å². The maximum absolute atomic E-state index is 12.1. The Hall–Kier alpha value is -3.35.